The molecule has 6 heteroatoms. The number of thiazole rings is 1. The summed E-state index contributed by atoms with van der Waals surface area (Å²) in [6.07, 6.45) is 6.64. The highest BCUT2D eigenvalue weighted by Gasteiger charge is 2.43. The van der Waals surface area contributed by atoms with Gasteiger partial charge in [-0.2, -0.15) is 0 Å². The van der Waals surface area contributed by atoms with Crippen molar-refractivity contribution in [2.24, 2.45) is 5.41 Å². The van der Waals surface area contributed by atoms with Crippen LogP contribution in [0.4, 0.5) is 0 Å². The van der Waals surface area contributed by atoms with E-state index < -0.39 is 0 Å². The Kier molecular flexibility index (Phi) is 4.18. The van der Waals surface area contributed by atoms with Crippen molar-refractivity contribution in [3.63, 3.8) is 0 Å². The van der Waals surface area contributed by atoms with Crippen LogP contribution < -0.4 is 0 Å². The second-order valence-corrected chi connectivity index (χ2v) is 8.22. The van der Waals surface area contributed by atoms with Crippen LogP contribution >= 0.6 is 11.3 Å². The predicted octanol–water partition coefficient (Wildman–Crippen LogP) is 3.17. The molecule has 5 nitrogen and oxygen atoms in total. The summed E-state index contributed by atoms with van der Waals surface area (Å²) in [5.41, 5.74) is 2.10. The highest BCUT2D eigenvalue weighted by molar-refractivity contribution is 7.09. The van der Waals surface area contributed by atoms with Gasteiger partial charge in [0.15, 0.2) is 0 Å². The lowest BCUT2D eigenvalue weighted by atomic mass is 9.79. The van der Waals surface area contributed by atoms with Crippen LogP contribution in [-0.4, -0.2) is 46.9 Å². The molecular formula is C18H23N3O2S. The van der Waals surface area contributed by atoms with E-state index >= 15 is 0 Å². The Hall–Kier alpha value is -1.66. The first-order valence-corrected chi connectivity index (χ1v) is 9.46. The SMILES string of the molecule is Cc1nc(CN2CCCC3(CCN(C(=O)c4ccoc4)C3)C2)cs1. The molecule has 1 unspecified atom stereocenters. The Morgan fingerprint density at radius 2 is 2.29 bits per heavy atom. The number of rotatable bonds is 3. The molecule has 1 spiro atoms. The molecular weight excluding hydrogens is 322 g/mol. The van der Waals surface area contributed by atoms with Gasteiger partial charge in [0, 0.05) is 37.0 Å². The van der Waals surface area contributed by atoms with Crippen LogP contribution in [0.3, 0.4) is 0 Å². The molecule has 2 aliphatic rings. The van der Waals surface area contributed by atoms with Crippen molar-refractivity contribution < 1.29 is 9.21 Å². The summed E-state index contributed by atoms with van der Waals surface area (Å²) >= 11 is 1.72. The summed E-state index contributed by atoms with van der Waals surface area (Å²) in [5.74, 6) is 0.105. The van der Waals surface area contributed by atoms with E-state index in [1.54, 1.807) is 29.9 Å². The van der Waals surface area contributed by atoms with Crippen molar-refractivity contribution in [1.82, 2.24) is 14.8 Å². The second kappa shape index (κ2) is 6.33. The minimum atomic E-state index is 0.105. The zero-order valence-electron chi connectivity index (χ0n) is 14.0. The Bertz CT molecular complexity index is 712. The molecule has 0 N–H and O–H groups in total. The number of nitrogens with zero attached hydrogens (tertiary/aromatic N) is 3. The van der Waals surface area contributed by atoms with Crippen LogP contribution in [0.5, 0.6) is 0 Å². The minimum Gasteiger partial charge on any atom is -0.472 e. The van der Waals surface area contributed by atoms with Gasteiger partial charge in [0.2, 0.25) is 0 Å². The lowest BCUT2D eigenvalue weighted by Crippen LogP contribution is -2.45. The summed E-state index contributed by atoms with van der Waals surface area (Å²) in [4.78, 5) is 21.7. The van der Waals surface area contributed by atoms with E-state index in [1.807, 2.05) is 4.90 Å². The maximum absolute atomic E-state index is 12.6. The Morgan fingerprint density at radius 3 is 3.04 bits per heavy atom. The zero-order valence-corrected chi connectivity index (χ0v) is 14.8. The smallest absolute Gasteiger partial charge is 0.257 e. The molecule has 4 heterocycles. The third-order valence-corrected chi connectivity index (χ3v) is 6.11. The highest BCUT2D eigenvalue weighted by atomic mass is 32.1. The highest BCUT2D eigenvalue weighted by Crippen LogP contribution is 2.39. The molecule has 4 rings (SSSR count). The maximum Gasteiger partial charge on any atom is 0.257 e. The molecule has 2 aromatic heterocycles. The quantitative estimate of drug-likeness (QED) is 0.857. The zero-order chi connectivity index (χ0) is 16.6. The second-order valence-electron chi connectivity index (χ2n) is 7.16. The molecule has 0 aliphatic carbocycles. The van der Waals surface area contributed by atoms with Gasteiger partial charge in [-0.15, -0.1) is 11.3 Å². The Labute approximate surface area is 146 Å². The lowest BCUT2D eigenvalue weighted by molar-refractivity contribution is 0.0672. The van der Waals surface area contributed by atoms with E-state index in [0.717, 1.165) is 44.2 Å². The van der Waals surface area contributed by atoms with E-state index in [1.165, 1.54) is 18.5 Å². The topological polar surface area (TPSA) is 49.6 Å². The molecule has 0 saturated carbocycles. The molecule has 0 radical (unpaired) electrons. The largest absolute Gasteiger partial charge is 0.472 e. The average Bonchev–Trinajstić information content (AvgIpc) is 3.29. The molecule has 24 heavy (non-hydrogen) atoms. The fourth-order valence-corrected chi connectivity index (χ4v) is 4.77. The van der Waals surface area contributed by atoms with Crippen molar-refractivity contribution in [2.45, 2.75) is 32.7 Å². The number of carbonyl (C=O) groups excluding carboxylic acids is 1. The molecule has 0 bridgehead atoms. The monoisotopic (exact) mass is 345 g/mol. The van der Waals surface area contributed by atoms with Gasteiger partial charge in [0.25, 0.3) is 5.91 Å². The van der Waals surface area contributed by atoms with Crippen molar-refractivity contribution in [1.29, 1.82) is 0 Å². The number of hydrogen-bond donors (Lipinski definition) is 0. The summed E-state index contributed by atoms with van der Waals surface area (Å²) in [6, 6.07) is 1.76. The third-order valence-electron chi connectivity index (χ3n) is 5.29. The van der Waals surface area contributed by atoms with Crippen LogP contribution in [0, 0.1) is 12.3 Å². The minimum absolute atomic E-state index is 0.105. The molecule has 1 amide bonds. The van der Waals surface area contributed by atoms with Gasteiger partial charge in [0.1, 0.15) is 6.26 Å². The number of furan rings is 1. The number of amides is 1. The van der Waals surface area contributed by atoms with Gasteiger partial charge in [-0.25, -0.2) is 4.98 Å². The number of aromatic nitrogens is 1. The summed E-state index contributed by atoms with van der Waals surface area (Å²) in [7, 11) is 0. The normalized spacial score (nSPS) is 24.8. The lowest BCUT2D eigenvalue weighted by Gasteiger charge is -2.40. The molecule has 2 aromatic rings. The van der Waals surface area contributed by atoms with E-state index in [0.29, 0.717) is 5.56 Å². The summed E-state index contributed by atoms with van der Waals surface area (Å²) in [5, 5.41) is 3.30. The third kappa shape index (κ3) is 3.13. The van der Waals surface area contributed by atoms with Crippen molar-refractivity contribution >= 4 is 17.2 Å². The van der Waals surface area contributed by atoms with Crippen LogP contribution in [0.15, 0.2) is 28.4 Å². The van der Waals surface area contributed by atoms with E-state index in [4.69, 9.17) is 4.42 Å². The van der Waals surface area contributed by atoms with Crippen molar-refractivity contribution in [2.75, 3.05) is 26.2 Å². The van der Waals surface area contributed by atoms with E-state index in [-0.39, 0.29) is 11.3 Å². The van der Waals surface area contributed by atoms with Crippen molar-refractivity contribution in [3.05, 3.63) is 40.2 Å². The van der Waals surface area contributed by atoms with Crippen LogP contribution in [0.1, 0.15) is 40.3 Å². The van der Waals surface area contributed by atoms with Crippen molar-refractivity contribution in [3.8, 4) is 0 Å². The maximum atomic E-state index is 12.6. The first kappa shape index (κ1) is 15.8. The van der Waals surface area contributed by atoms with Gasteiger partial charge in [-0.1, -0.05) is 0 Å². The fourth-order valence-electron chi connectivity index (χ4n) is 4.17. The summed E-state index contributed by atoms with van der Waals surface area (Å²) < 4.78 is 5.06. The molecule has 2 aliphatic heterocycles. The van der Waals surface area contributed by atoms with Gasteiger partial charge >= 0.3 is 0 Å². The Balaban J connectivity index is 1.41. The molecule has 0 aromatic carbocycles. The first-order valence-electron chi connectivity index (χ1n) is 8.58. The molecule has 128 valence electrons. The van der Waals surface area contributed by atoms with E-state index in [2.05, 4.69) is 22.2 Å². The predicted molar refractivity (Wildman–Crippen MR) is 93.0 cm³/mol. The average molecular weight is 345 g/mol. The van der Waals surface area contributed by atoms with Crippen LogP contribution in [-0.2, 0) is 6.54 Å². The standard InChI is InChI=1S/C18H23N3O2S/c1-14-19-16(11-24-14)9-20-6-2-4-18(12-20)5-7-21(13-18)17(22)15-3-8-23-10-15/h3,8,10-11H,2,4-7,9,12-13H2,1H3. The van der Waals surface area contributed by atoms with Gasteiger partial charge < -0.3 is 9.32 Å². The first-order chi connectivity index (χ1) is 11.6. The fraction of sp³-hybridized carbons (Fsp3) is 0.556. The number of aryl methyl sites for hydroxylation is 1. The van der Waals surface area contributed by atoms with Crippen LogP contribution in [0.2, 0.25) is 0 Å². The van der Waals surface area contributed by atoms with E-state index in [9.17, 15) is 4.79 Å². The van der Waals surface area contributed by atoms with Gasteiger partial charge in [0.05, 0.1) is 22.5 Å². The molecule has 2 fully saturated rings. The Morgan fingerprint density at radius 1 is 1.38 bits per heavy atom. The molecule has 2 saturated heterocycles. The molecule has 1 atom stereocenters. The van der Waals surface area contributed by atoms with Gasteiger partial charge in [-0.3, -0.25) is 9.69 Å². The number of carbonyl (C=O) groups is 1. The number of likely N-dealkylation sites (tertiary alicyclic amines) is 2. The number of hydrogen-bond acceptors (Lipinski definition) is 5. The number of piperidine rings is 1. The van der Waals surface area contributed by atoms with Gasteiger partial charge in [-0.05, 0) is 38.8 Å². The van der Waals surface area contributed by atoms with Crippen LogP contribution in [0.25, 0.3) is 0 Å². The summed E-state index contributed by atoms with van der Waals surface area (Å²) in [6.45, 7) is 6.91.